The monoisotopic (exact) mass is 280 g/mol. The molecule has 2 atom stereocenters. The first-order valence-electron chi connectivity index (χ1n) is 5.85. The predicted molar refractivity (Wildman–Crippen MR) is 73.9 cm³/mol. The van der Waals surface area contributed by atoms with Crippen molar-refractivity contribution in [2.75, 3.05) is 0 Å². The molecule has 0 saturated heterocycles. The van der Waals surface area contributed by atoms with E-state index in [-0.39, 0.29) is 24.2 Å². The van der Waals surface area contributed by atoms with Gasteiger partial charge in [0.05, 0.1) is 5.69 Å². The number of rotatable bonds is 2. The molecule has 0 bridgehead atoms. The molecule has 100 valence electrons. The standard InChI is InChI=1S/C14H13FN2O.ClH/c15-12-3-2-9(18)5-11(12)14-4-1-8(7-17-14)10-6-13(10)16;/h1-5,7,10,13,18H,6,16H2;1H/t10-,13+;/m0./s1. The van der Waals surface area contributed by atoms with Gasteiger partial charge in [-0.1, -0.05) is 6.07 Å². The zero-order chi connectivity index (χ0) is 12.7. The van der Waals surface area contributed by atoms with E-state index < -0.39 is 5.82 Å². The number of aromatic nitrogens is 1. The van der Waals surface area contributed by atoms with Gasteiger partial charge in [0, 0.05) is 23.7 Å². The van der Waals surface area contributed by atoms with Gasteiger partial charge < -0.3 is 10.8 Å². The first-order chi connectivity index (χ1) is 8.65. The third-order valence-electron chi connectivity index (χ3n) is 3.28. The number of halogens is 2. The molecule has 0 unspecified atom stereocenters. The Kier molecular flexibility index (Phi) is 3.73. The molecule has 1 heterocycles. The van der Waals surface area contributed by atoms with E-state index in [1.54, 1.807) is 12.3 Å². The summed E-state index contributed by atoms with van der Waals surface area (Å²) in [5.74, 6) is 0.0261. The molecule has 19 heavy (non-hydrogen) atoms. The maximum atomic E-state index is 13.6. The Labute approximate surface area is 116 Å². The lowest BCUT2D eigenvalue weighted by Gasteiger charge is -2.05. The van der Waals surface area contributed by atoms with Crippen LogP contribution in [0.4, 0.5) is 4.39 Å². The topological polar surface area (TPSA) is 59.1 Å². The summed E-state index contributed by atoms with van der Waals surface area (Å²) >= 11 is 0. The number of hydrogen-bond donors (Lipinski definition) is 2. The van der Waals surface area contributed by atoms with Gasteiger partial charge in [0.1, 0.15) is 11.6 Å². The maximum Gasteiger partial charge on any atom is 0.132 e. The highest BCUT2D eigenvalue weighted by Crippen LogP contribution is 2.39. The van der Waals surface area contributed by atoms with E-state index >= 15 is 0 Å². The Bertz CT molecular complexity index is 588. The minimum Gasteiger partial charge on any atom is -0.508 e. The van der Waals surface area contributed by atoms with Crippen LogP contribution in [0.2, 0.25) is 0 Å². The van der Waals surface area contributed by atoms with Gasteiger partial charge in [-0.05, 0) is 36.2 Å². The molecule has 3 N–H and O–H groups in total. The second-order valence-electron chi connectivity index (χ2n) is 4.65. The summed E-state index contributed by atoms with van der Waals surface area (Å²) in [7, 11) is 0. The van der Waals surface area contributed by atoms with Crippen LogP contribution < -0.4 is 5.73 Å². The van der Waals surface area contributed by atoms with Gasteiger partial charge in [-0.25, -0.2) is 4.39 Å². The molecule has 2 aromatic rings. The molecule has 0 radical (unpaired) electrons. The Hall–Kier alpha value is -1.65. The van der Waals surface area contributed by atoms with Crippen LogP contribution in [0.25, 0.3) is 11.3 Å². The highest BCUT2D eigenvalue weighted by atomic mass is 35.5. The molecule has 0 spiro atoms. The lowest BCUT2D eigenvalue weighted by Crippen LogP contribution is -2.01. The fraction of sp³-hybridized carbons (Fsp3) is 0.214. The Morgan fingerprint density at radius 1 is 1.26 bits per heavy atom. The fourth-order valence-electron chi connectivity index (χ4n) is 2.09. The van der Waals surface area contributed by atoms with E-state index in [2.05, 4.69) is 4.98 Å². The number of benzene rings is 1. The molecule has 1 fully saturated rings. The molecule has 1 saturated carbocycles. The normalized spacial score (nSPS) is 20.7. The van der Waals surface area contributed by atoms with Crippen LogP contribution in [0.5, 0.6) is 5.75 Å². The quantitative estimate of drug-likeness (QED) is 0.889. The molecule has 1 aliphatic carbocycles. The van der Waals surface area contributed by atoms with Gasteiger partial charge in [-0.15, -0.1) is 12.4 Å². The number of hydrogen-bond acceptors (Lipinski definition) is 3. The molecule has 0 amide bonds. The highest BCUT2D eigenvalue weighted by molar-refractivity contribution is 5.85. The third-order valence-corrected chi connectivity index (χ3v) is 3.28. The second kappa shape index (κ2) is 5.15. The Morgan fingerprint density at radius 2 is 2.00 bits per heavy atom. The van der Waals surface area contributed by atoms with Crippen LogP contribution in [-0.2, 0) is 0 Å². The lowest BCUT2D eigenvalue weighted by atomic mass is 10.1. The van der Waals surface area contributed by atoms with Gasteiger partial charge in [-0.2, -0.15) is 0 Å². The average Bonchev–Trinajstić information content (AvgIpc) is 3.10. The number of phenolic OH excluding ortho intramolecular Hbond substituents is 1. The smallest absolute Gasteiger partial charge is 0.132 e. The van der Waals surface area contributed by atoms with Crippen LogP contribution in [-0.4, -0.2) is 16.1 Å². The van der Waals surface area contributed by atoms with Crippen molar-refractivity contribution in [3.63, 3.8) is 0 Å². The van der Waals surface area contributed by atoms with Crippen LogP contribution >= 0.6 is 12.4 Å². The molecule has 5 heteroatoms. The minimum atomic E-state index is -0.392. The molecule has 0 aliphatic heterocycles. The molecule has 1 aromatic heterocycles. The Balaban J connectivity index is 0.00000133. The lowest BCUT2D eigenvalue weighted by molar-refractivity contribution is 0.473. The SMILES string of the molecule is Cl.N[C@@H]1C[C@H]1c1ccc(-c2cc(O)ccc2F)nc1. The van der Waals surface area contributed by atoms with Crippen molar-refractivity contribution in [1.29, 1.82) is 0 Å². The summed E-state index contributed by atoms with van der Waals surface area (Å²) in [6.07, 6.45) is 2.72. The predicted octanol–water partition coefficient (Wildman–Crippen LogP) is 2.83. The van der Waals surface area contributed by atoms with Gasteiger partial charge in [0.25, 0.3) is 0 Å². The number of nitrogens with two attached hydrogens (primary N) is 1. The largest absolute Gasteiger partial charge is 0.508 e. The summed E-state index contributed by atoms with van der Waals surface area (Å²) in [4.78, 5) is 4.24. The summed E-state index contributed by atoms with van der Waals surface area (Å²) < 4.78 is 13.6. The summed E-state index contributed by atoms with van der Waals surface area (Å²) in [5, 5.41) is 9.38. The van der Waals surface area contributed by atoms with Crippen molar-refractivity contribution in [2.45, 2.75) is 18.4 Å². The van der Waals surface area contributed by atoms with E-state index in [4.69, 9.17) is 5.73 Å². The van der Waals surface area contributed by atoms with E-state index in [0.717, 1.165) is 12.0 Å². The van der Waals surface area contributed by atoms with Gasteiger partial charge in [0.2, 0.25) is 0 Å². The number of phenols is 1. The third kappa shape index (κ3) is 2.69. The van der Waals surface area contributed by atoms with Crippen molar-refractivity contribution in [2.24, 2.45) is 5.73 Å². The zero-order valence-electron chi connectivity index (χ0n) is 10.1. The molecule has 3 rings (SSSR count). The Morgan fingerprint density at radius 3 is 2.58 bits per heavy atom. The summed E-state index contributed by atoms with van der Waals surface area (Å²) in [6, 6.07) is 7.84. The van der Waals surface area contributed by atoms with Gasteiger partial charge >= 0.3 is 0 Å². The zero-order valence-corrected chi connectivity index (χ0v) is 10.9. The van der Waals surface area contributed by atoms with Crippen LogP contribution in [0.3, 0.4) is 0 Å². The number of pyridine rings is 1. The van der Waals surface area contributed by atoms with E-state index in [9.17, 15) is 9.50 Å². The number of nitrogens with zero attached hydrogens (tertiary/aromatic N) is 1. The molecule has 3 nitrogen and oxygen atoms in total. The fourth-order valence-corrected chi connectivity index (χ4v) is 2.09. The molecule has 1 aliphatic rings. The first-order valence-corrected chi connectivity index (χ1v) is 5.85. The highest BCUT2D eigenvalue weighted by Gasteiger charge is 2.34. The van der Waals surface area contributed by atoms with Crippen molar-refractivity contribution < 1.29 is 9.50 Å². The first kappa shape index (κ1) is 13.8. The van der Waals surface area contributed by atoms with Gasteiger partial charge in [-0.3, -0.25) is 4.98 Å². The molecular formula is C14H14ClFN2O. The molecule has 1 aromatic carbocycles. The summed E-state index contributed by atoms with van der Waals surface area (Å²) in [6.45, 7) is 0. The minimum absolute atomic E-state index is 0. The molecular weight excluding hydrogens is 267 g/mol. The van der Waals surface area contributed by atoms with E-state index in [0.29, 0.717) is 17.2 Å². The van der Waals surface area contributed by atoms with Crippen molar-refractivity contribution in [3.05, 3.63) is 47.9 Å². The maximum absolute atomic E-state index is 13.6. The second-order valence-corrected chi connectivity index (χ2v) is 4.65. The average molecular weight is 281 g/mol. The van der Waals surface area contributed by atoms with E-state index in [1.807, 2.05) is 6.07 Å². The summed E-state index contributed by atoms with van der Waals surface area (Å²) in [5.41, 5.74) is 7.68. The van der Waals surface area contributed by atoms with Crippen molar-refractivity contribution in [1.82, 2.24) is 4.98 Å². The van der Waals surface area contributed by atoms with Gasteiger partial charge in [0.15, 0.2) is 0 Å². The van der Waals surface area contributed by atoms with Crippen molar-refractivity contribution in [3.8, 4) is 17.0 Å². The van der Waals surface area contributed by atoms with E-state index in [1.165, 1.54) is 18.2 Å². The van der Waals surface area contributed by atoms with Crippen molar-refractivity contribution >= 4 is 12.4 Å². The number of aromatic hydroxyl groups is 1. The van der Waals surface area contributed by atoms with Crippen LogP contribution in [0.15, 0.2) is 36.5 Å². The van der Waals surface area contributed by atoms with Crippen LogP contribution in [0.1, 0.15) is 17.9 Å². The van der Waals surface area contributed by atoms with Crippen LogP contribution in [0, 0.1) is 5.82 Å².